The fourth-order valence-corrected chi connectivity index (χ4v) is 5.08. The minimum atomic E-state index is -0.588. The van der Waals surface area contributed by atoms with Crippen LogP contribution in [0.5, 0.6) is 11.5 Å². The third-order valence-corrected chi connectivity index (χ3v) is 6.53. The van der Waals surface area contributed by atoms with Crippen molar-refractivity contribution in [3.8, 4) is 11.5 Å². The highest BCUT2D eigenvalue weighted by atomic mass is 32.1. The Morgan fingerprint density at radius 2 is 1.69 bits per heavy atom. The predicted octanol–water partition coefficient (Wildman–Crippen LogP) is 4.55. The van der Waals surface area contributed by atoms with Crippen molar-refractivity contribution >= 4 is 33.4 Å². The van der Waals surface area contributed by atoms with E-state index in [1.165, 1.54) is 18.4 Å². The summed E-state index contributed by atoms with van der Waals surface area (Å²) in [5.74, 6) is -0.00555. The zero-order chi connectivity index (χ0) is 22.2. The van der Waals surface area contributed by atoms with Crippen molar-refractivity contribution in [3.63, 3.8) is 0 Å². The number of hydrogen-bond acceptors (Lipinski definition) is 5. The number of thiazole rings is 1. The monoisotopic (exact) mass is 444 g/mol. The lowest BCUT2D eigenvalue weighted by Crippen LogP contribution is -2.25. The average molecular weight is 445 g/mol. The van der Waals surface area contributed by atoms with Crippen molar-refractivity contribution in [1.82, 2.24) is 4.57 Å². The van der Waals surface area contributed by atoms with Crippen molar-refractivity contribution in [1.29, 1.82) is 0 Å². The molecule has 0 atom stereocenters. The Kier molecular flexibility index (Phi) is 5.11. The van der Waals surface area contributed by atoms with Gasteiger partial charge >= 0.3 is 5.97 Å². The van der Waals surface area contributed by atoms with Gasteiger partial charge in [-0.25, -0.2) is 0 Å². The maximum atomic E-state index is 13.6. The van der Waals surface area contributed by atoms with Gasteiger partial charge in [0.05, 0.1) is 23.2 Å². The Hall–Kier alpha value is -3.71. The van der Waals surface area contributed by atoms with E-state index in [2.05, 4.69) is 4.99 Å². The first-order chi connectivity index (χ1) is 15.5. The van der Waals surface area contributed by atoms with Crippen molar-refractivity contribution in [2.24, 2.45) is 4.99 Å². The first-order valence-corrected chi connectivity index (χ1v) is 11.0. The quantitative estimate of drug-likeness (QED) is 0.435. The van der Waals surface area contributed by atoms with E-state index in [1.54, 1.807) is 4.57 Å². The van der Waals surface area contributed by atoms with Crippen molar-refractivity contribution in [2.45, 2.75) is 19.4 Å². The van der Waals surface area contributed by atoms with Crippen LogP contribution in [-0.2, 0) is 20.9 Å². The number of hydrogen-bond donors (Lipinski definition) is 0. The normalized spacial score (nSPS) is 13.4. The summed E-state index contributed by atoms with van der Waals surface area (Å²) in [5, 5.41) is 0. The van der Waals surface area contributed by atoms with Crippen LogP contribution in [0.2, 0.25) is 0 Å². The number of nitrogens with zero attached hydrogens (tertiary/aromatic N) is 2. The smallest absolute Gasteiger partial charge is 0.325 e. The summed E-state index contributed by atoms with van der Waals surface area (Å²) in [6, 6.07) is 20.9. The molecular formula is C25H20N2O4S. The number of aromatic nitrogens is 1. The van der Waals surface area contributed by atoms with Crippen LogP contribution in [-0.4, -0.2) is 23.6 Å². The number of rotatable bonds is 3. The van der Waals surface area contributed by atoms with E-state index in [0.29, 0.717) is 16.3 Å². The van der Waals surface area contributed by atoms with Crippen molar-refractivity contribution in [3.05, 3.63) is 88.2 Å². The van der Waals surface area contributed by atoms with Crippen LogP contribution in [0.3, 0.4) is 0 Å². The van der Waals surface area contributed by atoms with E-state index in [1.807, 2.05) is 73.7 Å². The molecule has 4 aromatic rings. The van der Waals surface area contributed by atoms with Crippen LogP contribution in [0.1, 0.15) is 22.6 Å². The maximum Gasteiger partial charge on any atom is 0.325 e. The number of fused-ring (bicyclic) bond motifs is 3. The summed E-state index contributed by atoms with van der Waals surface area (Å²) < 4.78 is 13.6. The second kappa shape index (κ2) is 8.09. The maximum absolute atomic E-state index is 13.6. The second-order valence-electron chi connectivity index (χ2n) is 7.58. The standard InChI is InChI=1S/C25H20N2O4S/c1-15-11-12-18-21(13-15)32-25(27(18)14-22(28)30-2)26-24(29)23-16-7-3-5-9-19(16)31-20-10-6-4-8-17(20)23/h3-13,23H,14H2,1-2H3. The average Bonchev–Trinajstić information content (AvgIpc) is 3.12. The number of para-hydroxylation sites is 2. The molecule has 0 aliphatic carbocycles. The Bertz CT molecular complexity index is 1390. The molecule has 3 aromatic carbocycles. The Morgan fingerprint density at radius 1 is 1.03 bits per heavy atom. The van der Waals surface area contributed by atoms with E-state index in [4.69, 9.17) is 9.47 Å². The third-order valence-electron chi connectivity index (χ3n) is 5.49. The van der Waals surface area contributed by atoms with Crippen LogP contribution >= 0.6 is 11.3 Å². The van der Waals surface area contributed by atoms with Gasteiger partial charge in [-0.2, -0.15) is 4.99 Å². The summed E-state index contributed by atoms with van der Waals surface area (Å²) in [6.45, 7) is 1.98. The SMILES string of the molecule is COC(=O)Cn1c(=NC(=O)C2c3ccccc3Oc3ccccc32)sc2cc(C)ccc21. The van der Waals surface area contributed by atoms with E-state index in [9.17, 15) is 9.59 Å². The molecule has 1 aromatic heterocycles. The van der Waals surface area contributed by atoms with Crippen LogP contribution in [0.4, 0.5) is 0 Å². The van der Waals surface area contributed by atoms with E-state index in [0.717, 1.165) is 26.9 Å². The van der Waals surface area contributed by atoms with Gasteiger partial charge in [0.25, 0.3) is 5.91 Å². The highest BCUT2D eigenvalue weighted by Gasteiger charge is 2.32. The number of carbonyl (C=O) groups excluding carboxylic acids is 2. The molecule has 160 valence electrons. The molecule has 0 fully saturated rings. The molecule has 0 radical (unpaired) electrons. The molecule has 0 spiro atoms. The number of methoxy groups -OCH3 is 1. The molecule has 5 rings (SSSR count). The first kappa shape index (κ1) is 20.2. The van der Waals surface area contributed by atoms with Crippen molar-refractivity contribution in [2.75, 3.05) is 7.11 Å². The summed E-state index contributed by atoms with van der Waals surface area (Å²) >= 11 is 1.38. The van der Waals surface area contributed by atoms with Gasteiger partial charge < -0.3 is 14.0 Å². The number of esters is 1. The molecule has 7 heteroatoms. The van der Waals surface area contributed by atoms with Gasteiger partial charge in [0, 0.05) is 11.1 Å². The summed E-state index contributed by atoms with van der Waals surface area (Å²) in [4.78, 5) is 30.6. The van der Waals surface area contributed by atoms with Crippen LogP contribution in [0, 0.1) is 6.92 Å². The van der Waals surface area contributed by atoms with Gasteiger partial charge in [0.1, 0.15) is 18.0 Å². The van der Waals surface area contributed by atoms with E-state index >= 15 is 0 Å². The molecule has 0 unspecified atom stereocenters. The number of benzene rings is 3. The van der Waals surface area contributed by atoms with Gasteiger partial charge in [0.15, 0.2) is 4.80 Å². The van der Waals surface area contributed by atoms with Gasteiger partial charge in [-0.15, -0.1) is 0 Å². The van der Waals surface area contributed by atoms with Gasteiger partial charge in [-0.05, 0) is 36.8 Å². The molecule has 1 aliphatic heterocycles. The number of carbonyl (C=O) groups is 2. The molecular weight excluding hydrogens is 424 g/mol. The van der Waals surface area contributed by atoms with Crippen LogP contribution in [0.15, 0.2) is 71.7 Å². The number of ether oxygens (including phenoxy) is 2. The van der Waals surface area contributed by atoms with Crippen LogP contribution < -0.4 is 9.54 Å². The minimum Gasteiger partial charge on any atom is -0.468 e. The molecule has 0 saturated heterocycles. The molecule has 2 heterocycles. The van der Waals surface area contributed by atoms with E-state index < -0.39 is 11.9 Å². The molecule has 1 amide bonds. The van der Waals surface area contributed by atoms with Crippen LogP contribution in [0.25, 0.3) is 10.2 Å². The van der Waals surface area contributed by atoms with Gasteiger partial charge in [-0.3, -0.25) is 9.59 Å². The molecule has 0 bridgehead atoms. The van der Waals surface area contributed by atoms with Gasteiger partial charge in [0.2, 0.25) is 0 Å². The Morgan fingerprint density at radius 3 is 2.34 bits per heavy atom. The molecule has 1 aliphatic rings. The number of amides is 1. The van der Waals surface area contributed by atoms with E-state index in [-0.39, 0.29) is 12.5 Å². The largest absolute Gasteiger partial charge is 0.468 e. The zero-order valence-electron chi connectivity index (χ0n) is 17.6. The third kappa shape index (κ3) is 3.50. The fourth-order valence-electron chi connectivity index (χ4n) is 3.95. The summed E-state index contributed by atoms with van der Waals surface area (Å²) in [5.41, 5.74) is 3.48. The zero-order valence-corrected chi connectivity index (χ0v) is 18.4. The van der Waals surface area contributed by atoms with Gasteiger partial charge in [-0.1, -0.05) is 53.8 Å². The Labute approximate surface area is 188 Å². The summed E-state index contributed by atoms with van der Waals surface area (Å²) in [6.07, 6.45) is 0. The molecule has 6 nitrogen and oxygen atoms in total. The highest BCUT2D eigenvalue weighted by molar-refractivity contribution is 7.16. The molecule has 0 saturated carbocycles. The topological polar surface area (TPSA) is 69.9 Å². The summed E-state index contributed by atoms with van der Waals surface area (Å²) in [7, 11) is 1.35. The highest BCUT2D eigenvalue weighted by Crippen LogP contribution is 2.44. The number of aryl methyl sites for hydroxylation is 1. The fraction of sp³-hybridized carbons (Fsp3) is 0.160. The Balaban J connectivity index is 1.67. The van der Waals surface area contributed by atoms with Crippen molar-refractivity contribution < 1.29 is 19.1 Å². The first-order valence-electron chi connectivity index (χ1n) is 10.2. The molecule has 32 heavy (non-hydrogen) atoms. The molecule has 0 N–H and O–H groups in total. The predicted molar refractivity (Wildman–Crippen MR) is 122 cm³/mol. The lowest BCUT2D eigenvalue weighted by molar-refractivity contribution is -0.141. The lowest BCUT2D eigenvalue weighted by Gasteiger charge is -2.25. The lowest BCUT2D eigenvalue weighted by atomic mass is 9.87. The minimum absolute atomic E-state index is 0.0212. The second-order valence-corrected chi connectivity index (χ2v) is 8.59.